The largest absolute Gasteiger partial charge is 0.328 e. The van der Waals surface area contributed by atoms with Crippen LogP contribution in [0.15, 0.2) is 0 Å². The summed E-state index contributed by atoms with van der Waals surface area (Å²) >= 11 is 5.36. The van der Waals surface area contributed by atoms with Crippen LogP contribution in [0.25, 0.3) is 11.2 Å². The number of imidazole rings is 1. The van der Waals surface area contributed by atoms with Crippen LogP contribution >= 0.6 is 12.2 Å². The van der Waals surface area contributed by atoms with Crippen molar-refractivity contribution in [2.24, 2.45) is 13.0 Å². The first-order valence-electron chi connectivity index (χ1n) is 5.23. The van der Waals surface area contributed by atoms with Gasteiger partial charge in [-0.1, -0.05) is 6.92 Å². The van der Waals surface area contributed by atoms with Crippen LogP contribution in [0.5, 0.6) is 0 Å². The van der Waals surface area contributed by atoms with Crippen LogP contribution in [0.4, 0.5) is 0 Å². The summed E-state index contributed by atoms with van der Waals surface area (Å²) in [5, 5.41) is 4.41. The summed E-state index contributed by atoms with van der Waals surface area (Å²) in [7, 11) is 1.97. The maximum absolute atomic E-state index is 5.36. The summed E-state index contributed by atoms with van der Waals surface area (Å²) < 4.78 is 4.97. The highest BCUT2D eigenvalue weighted by atomic mass is 32.1. The number of H-pyrrole nitrogens is 1. The van der Waals surface area contributed by atoms with E-state index >= 15 is 0 Å². The monoisotopic (exact) mass is 222 g/mol. The quantitative estimate of drug-likeness (QED) is 0.752. The van der Waals surface area contributed by atoms with Crippen molar-refractivity contribution in [3.8, 4) is 0 Å². The van der Waals surface area contributed by atoms with Crippen LogP contribution < -0.4 is 0 Å². The number of hydrogen-bond acceptors (Lipinski definition) is 2. The maximum Gasteiger partial charge on any atom is 0.179 e. The Balaban J connectivity index is 2.36. The molecule has 4 nitrogen and oxygen atoms in total. The predicted molar refractivity (Wildman–Crippen MR) is 61.4 cm³/mol. The van der Waals surface area contributed by atoms with Gasteiger partial charge >= 0.3 is 0 Å². The Morgan fingerprint density at radius 2 is 2.20 bits per heavy atom. The number of aromatic nitrogens is 4. The topological polar surface area (TPSA) is 38.5 Å². The van der Waals surface area contributed by atoms with Crippen LogP contribution in [-0.2, 0) is 7.05 Å². The van der Waals surface area contributed by atoms with Crippen molar-refractivity contribution in [1.29, 1.82) is 0 Å². The van der Waals surface area contributed by atoms with Gasteiger partial charge in [0.2, 0.25) is 0 Å². The van der Waals surface area contributed by atoms with Gasteiger partial charge in [0.05, 0.1) is 5.69 Å². The van der Waals surface area contributed by atoms with Crippen molar-refractivity contribution in [2.45, 2.75) is 26.3 Å². The van der Waals surface area contributed by atoms with E-state index in [0.717, 1.165) is 27.5 Å². The Bertz CT molecular complexity index is 588. The molecule has 1 aliphatic rings. The molecule has 1 fully saturated rings. The van der Waals surface area contributed by atoms with Gasteiger partial charge in [0.15, 0.2) is 10.4 Å². The number of rotatable bonds is 1. The van der Waals surface area contributed by atoms with Crippen LogP contribution in [0, 0.1) is 17.6 Å². The molecule has 1 N–H and O–H groups in total. The Morgan fingerprint density at radius 3 is 2.80 bits per heavy atom. The van der Waals surface area contributed by atoms with Gasteiger partial charge in [-0.25, -0.2) is 0 Å². The average Bonchev–Trinajstić information content (AvgIpc) is 2.65. The fourth-order valence-electron chi connectivity index (χ4n) is 2.30. The van der Waals surface area contributed by atoms with E-state index in [9.17, 15) is 0 Å². The molecule has 2 aromatic heterocycles. The number of aromatic amines is 1. The highest BCUT2D eigenvalue weighted by Gasteiger charge is 2.36. The lowest BCUT2D eigenvalue weighted by Crippen LogP contribution is -2.01. The van der Waals surface area contributed by atoms with Crippen molar-refractivity contribution in [1.82, 2.24) is 19.3 Å². The molecule has 2 aromatic rings. The van der Waals surface area contributed by atoms with E-state index in [1.54, 1.807) is 0 Å². The highest BCUT2D eigenvalue weighted by molar-refractivity contribution is 7.71. The molecule has 0 aromatic carbocycles. The zero-order valence-corrected chi connectivity index (χ0v) is 9.93. The predicted octanol–water partition coefficient (Wildman–Crippen LogP) is 2.32. The first-order chi connectivity index (χ1) is 7.09. The molecular weight excluding hydrogens is 208 g/mol. The molecule has 0 radical (unpaired) electrons. The van der Waals surface area contributed by atoms with Gasteiger partial charge in [0.1, 0.15) is 5.52 Å². The summed E-state index contributed by atoms with van der Waals surface area (Å²) in [5.74, 6) is 0.742. The number of hydrogen-bond donors (Lipinski definition) is 1. The molecular formula is C10H14N4S. The summed E-state index contributed by atoms with van der Waals surface area (Å²) in [6.07, 6.45) is 1.23. The van der Waals surface area contributed by atoms with Gasteiger partial charge in [-0.2, -0.15) is 5.10 Å². The molecule has 0 amide bonds. The molecule has 0 bridgehead atoms. The second kappa shape index (κ2) is 2.72. The molecule has 0 spiro atoms. The van der Waals surface area contributed by atoms with Crippen LogP contribution in [0.1, 0.15) is 25.1 Å². The van der Waals surface area contributed by atoms with Gasteiger partial charge in [0, 0.05) is 13.1 Å². The second-order valence-electron chi connectivity index (χ2n) is 4.49. The molecule has 2 heterocycles. The van der Waals surface area contributed by atoms with Crippen molar-refractivity contribution in [2.75, 3.05) is 0 Å². The molecule has 2 unspecified atom stereocenters. The Labute approximate surface area is 92.9 Å². The summed E-state index contributed by atoms with van der Waals surface area (Å²) in [4.78, 5) is 3.25. The van der Waals surface area contributed by atoms with Gasteiger partial charge < -0.3 is 4.98 Å². The fourth-order valence-corrected chi connectivity index (χ4v) is 2.63. The normalized spacial score (nSPS) is 25.0. The van der Waals surface area contributed by atoms with Crippen LogP contribution in [0.3, 0.4) is 0 Å². The van der Waals surface area contributed by atoms with E-state index < -0.39 is 0 Å². The molecule has 0 saturated heterocycles. The molecule has 1 aliphatic carbocycles. The van der Waals surface area contributed by atoms with Crippen molar-refractivity contribution in [3.63, 3.8) is 0 Å². The second-order valence-corrected chi connectivity index (χ2v) is 4.87. The third-order valence-electron chi connectivity index (χ3n) is 3.27. The van der Waals surface area contributed by atoms with Gasteiger partial charge in [-0.15, -0.1) is 0 Å². The fraction of sp³-hybridized carbons (Fsp3) is 0.600. The molecule has 2 atom stereocenters. The number of aryl methyl sites for hydroxylation is 2. The third kappa shape index (κ3) is 1.13. The van der Waals surface area contributed by atoms with E-state index in [-0.39, 0.29) is 0 Å². The molecule has 0 aliphatic heterocycles. The summed E-state index contributed by atoms with van der Waals surface area (Å²) in [5.41, 5.74) is 3.24. The first kappa shape index (κ1) is 9.15. The minimum absolute atomic E-state index is 0.570. The average molecular weight is 222 g/mol. The van der Waals surface area contributed by atoms with Crippen molar-refractivity contribution < 1.29 is 0 Å². The third-order valence-corrected chi connectivity index (χ3v) is 3.57. The van der Waals surface area contributed by atoms with Gasteiger partial charge in [0.25, 0.3) is 0 Å². The lowest BCUT2D eigenvalue weighted by molar-refractivity contribution is 0.656. The van der Waals surface area contributed by atoms with Gasteiger partial charge in [-0.05, 0) is 31.5 Å². The number of nitrogens with zero attached hydrogens (tertiary/aromatic N) is 3. The van der Waals surface area contributed by atoms with E-state index in [0.29, 0.717) is 6.04 Å². The standard InChI is InChI=1S/C10H14N4S/c1-5-4-7(5)14-9-8(11-10(14)15)6(2)12-13(9)3/h5,7H,4H2,1-3H3,(H,11,15). The van der Waals surface area contributed by atoms with Crippen LogP contribution in [0.2, 0.25) is 0 Å². The maximum atomic E-state index is 5.36. The minimum atomic E-state index is 0.570. The lowest BCUT2D eigenvalue weighted by Gasteiger charge is -2.02. The zero-order chi connectivity index (χ0) is 10.7. The van der Waals surface area contributed by atoms with Crippen molar-refractivity contribution >= 4 is 23.4 Å². The molecule has 80 valence electrons. The Morgan fingerprint density at radius 1 is 1.53 bits per heavy atom. The Hall–Kier alpha value is -1.10. The zero-order valence-electron chi connectivity index (χ0n) is 9.11. The van der Waals surface area contributed by atoms with E-state index in [1.807, 2.05) is 18.7 Å². The highest BCUT2D eigenvalue weighted by Crippen LogP contribution is 2.44. The molecule has 3 rings (SSSR count). The summed E-state index contributed by atoms with van der Waals surface area (Å²) in [6, 6.07) is 0.570. The minimum Gasteiger partial charge on any atom is -0.328 e. The molecule has 5 heteroatoms. The smallest absolute Gasteiger partial charge is 0.179 e. The van der Waals surface area contributed by atoms with Crippen molar-refractivity contribution in [3.05, 3.63) is 10.5 Å². The van der Waals surface area contributed by atoms with E-state index in [2.05, 4.69) is 21.6 Å². The Kier molecular flexibility index (Phi) is 1.66. The summed E-state index contributed by atoms with van der Waals surface area (Å²) in [6.45, 7) is 4.27. The van der Waals surface area contributed by atoms with Crippen LogP contribution in [-0.4, -0.2) is 19.3 Å². The molecule has 15 heavy (non-hydrogen) atoms. The number of fused-ring (bicyclic) bond motifs is 1. The van der Waals surface area contributed by atoms with E-state index in [4.69, 9.17) is 12.2 Å². The number of nitrogens with one attached hydrogen (secondary N) is 1. The van der Waals surface area contributed by atoms with Gasteiger partial charge in [-0.3, -0.25) is 9.25 Å². The lowest BCUT2D eigenvalue weighted by atomic mass is 10.4. The first-order valence-corrected chi connectivity index (χ1v) is 5.64. The van der Waals surface area contributed by atoms with E-state index in [1.165, 1.54) is 6.42 Å². The SMILES string of the molecule is Cc1nn(C)c2c1[nH]c(=S)n2C1CC1C. The molecule has 1 saturated carbocycles.